The number of nitro groups is 2. The van der Waals surface area contributed by atoms with Crippen molar-refractivity contribution in [2.75, 3.05) is 0 Å². The van der Waals surface area contributed by atoms with E-state index in [1.807, 2.05) is 5.10 Å². The Bertz CT molecular complexity index is 560. The Kier molecular flexibility index (Phi) is 4.24. The smallest absolute Gasteiger partial charge is 0.343 e. The Balaban J connectivity index is 0.000000200. The van der Waals surface area contributed by atoms with Gasteiger partial charge in [0, 0.05) is 0 Å². The molecule has 0 aromatic carbocycles. The van der Waals surface area contributed by atoms with E-state index in [0.29, 0.717) is 0 Å². The van der Waals surface area contributed by atoms with Crippen LogP contribution in [0.5, 0.6) is 0 Å². The summed E-state index contributed by atoms with van der Waals surface area (Å²) in [4.78, 5) is 28.9. The Hall–Kier alpha value is -3.31. The number of nitrogens with zero attached hydrogens (tertiary/aromatic N) is 4. The third kappa shape index (κ3) is 3.88. The summed E-state index contributed by atoms with van der Waals surface area (Å²) in [6, 6.07) is 2.27. The van der Waals surface area contributed by atoms with Crippen molar-refractivity contribution in [1.82, 2.24) is 20.4 Å². The highest BCUT2D eigenvalue weighted by atomic mass is 16.6. The maximum absolute atomic E-state index is 10.4. The number of amides is 1. The van der Waals surface area contributed by atoms with Crippen LogP contribution >= 0.6 is 0 Å². The van der Waals surface area contributed by atoms with Gasteiger partial charge in [-0.1, -0.05) is 10.2 Å². The normalized spacial score (nSPS) is 9.26. The summed E-state index contributed by atoms with van der Waals surface area (Å²) in [7, 11) is 0. The van der Waals surface area contributed by atoms with Crippen LogP contribution in [0, 0.1) is 20.2 Å². The Labute approximate surface area is 103 Å². The summed E-state index contributed by atoms with van der Waals surface area (Å²) in [6.45, 7) is 0. The highest BCUT2D eigenvalue weighted by Crippen LogP contribution is 2.06. The summed E-state index contributed by atoms with van der Waals surface area (Å²) >= 11 is 0. The first-order valence-electron chi connectivity index (χ1n) is 4.55. The monoisotopic (exact) mass is 269 g/mol. The van der Waals surface area contributed by atoms with Crippen LogP contribution < -0.4 is 5.73 Å². The van der Waals surface area contributed by atoms with Gasteiger partial charge in [-0.05, 0) is 9.85 Å². The van der Waals surface area contributed by atoms with Crippen molar-refractivity contribution in [3.63, 3.8) is 0 Å². The van der Waals surface area contributed by atoms with Gasteiger partial charge in [-0.25, -0.2) is 0 Å². The molecule has 0 atom stereocenters. The van der Waals surface area contributed by atoms with E-state index < -0.39 is 15.8 Å². The molecule has 0 spiro atoms. The largest absolute Gasteiger partial charge is 0.364 e. The van der Waals surface area contributed by atoms with Crippen molar-refractivity contribution in [1.29, 1.82) is 0 Å². The molecule has 2 aromatic heterocycles. The lowest BCUT2D eigenvalue weighted by atomic mass is 10.4. The number of aromatic nitrogens is 4. The fourth-order valence-electron chi connectivity index (χ4n) is 0.882. The highest BCUT2D eigenvalue weighted by Gasteiger charge is 2.12. The number of nitrogens with two attached hydrogens (primary N) is 1. The molecule has 1 amide bonds. The number of carbonyl (C=O) groups is 1. The van der Waals surface area contributed by atoms with E-state index in [9.17, 15) is 25.0 Å². The van der Waals surface area contributed by atoms with Gasteiger partial charge < -0.3 is 26.0 Å². The van der Waals surface area contributed by atoms with Gasteiger partial charge in [0.1, 0.15) is 0 Å². The number of rotatable bonds is 3. The standard InChI is InChI=1S/C4H4N4O3.C3H3N3O2/c5-4(9)2-1-3(7-6-2)8(10)11;7-6(8)3-1-2-4-5-3/h1H,(H2,5,9)(H,6,7);1-2H,(H,4,5). The first-order valence-corrected chi connectivity index (χ1v) is 4.55. The van der Waals surface area contributed by atoms with E-state index in [0.717, 1.165) is 6.07 Å². The molecule has 12 nitrogen and oxygen atoms in total. The molecule has 2 aromatic rings. The fraction of sp³-hybridized carbons (Fsp3) is 0. The quantitative estimate of drug-likeness (QED) is 0.505. The van der Waals surface area contributed by atoms with E-state index in [1.54, 1.807) is 0 Å². The molecule has 0 bridgehead atoms. The number of H-pyrrole nitrogens is 2. The first kappa shape index (κ1) is 13.8. The third-order valence-electron chi connectivity index (χ3n) is 1.70. The molecule has 0 aliphatic carbocycles. The van der Waals surface area contributed by atoms with Crippen molar-refractivity contribution in [3.8, 4) is 0 Å². The van der Waals surface area contributed by atoms with Gasteiger partial charge in [-0.15, -0.1) is 10.2 Å². The van der Waals surface area contributed by atoms with Crippen LogP contribution in [0.4, 0.5) is 11.6 Å². The minimum Gasteiger partial charge on any atom is -0.364 e. The van der Waals surface area contributed by atoms with Gasteiger partial charge >= 0.3 is 11.6 Å². The van der Waals surface area contributed by atoms with Gasteiger partial charge in [-0.2, -0.15) is 0 Å². The lowest BCUT2D eigenvalue weighted by molar-refractivity contribution is -0.389. The predicted octanol–water partition coefficient (Wildman–Crippen LogP) is -0.265. The molecule has 100 valence electrons. The summed E-state index contributed by atoms with van der Waals surface area (Å²) in [5.41, 5.74) is 4.64. The summed E-state index contributed by atoms with van der Waals surface area (Å²) in [6.07, 6.45) is 1.33. The molecule has 2 heterocycles. The number of hydrogen-bond donors (Lipinski definition) is 3. The minimum absolute atomic E-state index is 0.0787. The molecule has 0 unspecified atom stereocenters. The van der Waals surface area contributed by atoms with Gasteiger partial charge in [0.15, 0.2) is 5.69 Å². The number of primary amides is 1. The van der Waals surface area contributed by atoms with Gasteiger partial charge in [-0.3, -0.25) is 4.79 Å². The zero-order valence-corrected chi connectivity index (χ0v) is 9.14. The Morgan fingerprint density at radius 2 is 1.84 bits per heavy atom. The lowest BCUT2D eigenvalue weighted by Gasteiger charge is -1.83. The van der Waals surface area contributed by atoms with Crippen LogP contribution in [-0.2, 0) is 0 Å². The zero-order chi connectivity index (χ0) is 14.4. The van der Waals surface area contributed by atoms with E-state index >= 15 is 0 Å². The molecule has 12 heteroatoms. The molecule has 0 saturated heterocycles. The molecule has 0 aliphatic rings. The van der Waals surface area contributed by atoms with E-state index in [4.69, 9.17) is 5.73 Å². The average molecular weight is 269 g/mol. The van der Waals surface area contributed by atoms with Crippen molar-refractivity contribution in [2.45, 2.75) is 0 Å². The zero-order valence-electron chi connectivity index (χ0n) is 9.14. The molecule has 0 aliphatic heterocycles. The molecule has 0 radical (unpaired) electrons. The fourth-order valence-corrected chi connectivity index (χ4v) is 0.882. The van der Waals surface area contributed by atoms with Crippen molar-refractivity contribution < 1.29 is 14.6 Å². The van der Waals surface area contributed by atoms with Crippen LogP contribution in [0.25, 0.3) is 0 Å². The van der Waals surface area contributed by atoms with Crippen LogP contribution in [0.15, 0.2) is 18.3 Å². The highest BCUT2D eigenvalue weighted by molar-refractivity contribution is 5.91. The second-order valence-electron chi connectivity index (χ2n) is 2.96. The maximum atomic E-state index is 10.4. The summed E-state index contributed by atoms with van der Waals surface area (Å²) < 4.78 is 0. The van der Waals surface area contributed by atoms with Gasteiger partial charge in [0.05, 0.1) is 18.3 Å². The molecular weight excluding hydrogens is 262 g/mol. The molecule has 2 rings (SSSR count). The number of carbonyl (C=O) groups excluding carboxylic acids is 1. The Morgan fingerprint density at radius 1 is 1.21 bits per heavy atom. The third-order valence-corrected chi connectivity index (χ3v) is 1.70. The second kappa shape index (κ2) is 5.85. The van der Waals surface area contributed by atoms with E-state index in [2.05, 4.69) is 15.3 Å². The molecule has 4 N–H and O–H groups in total. The SMILES string of the molecule is NC(=O)c1cc([N+](=O)[O-])[nH]n1.O=[N+]([O-])c1ccn[nH]1. The summed E-state index contributed by atoms with van der Waals surface area (Å²) in [5, 5.41) is 30.7. The van der Waals surface area contributed by atoms with Crippen molar-refractivity contribution >= 4 is 17.5 Å². The molecule has 0 fully saturated rings. The average Bonchev–Trinajstić information content (AvgIpc) is 3.02. The molecule has 0 saturated carbocycles. The lowest BCUT2D eigenvalue weighted by Crippen LogP contribution is -2.10. The predicted molar refractivity (Wildman–Crippen MR) is 59.0 cm³/mol. The number of nitrogens with one attached hydrogen (secondary N) is 2. The summed E-state index contributed by atoms with van der Waals surface area (Å²) in [5.74, 6) is -1.22. The maximum Gasteiger partial charge on any atom is 0.343 e. The Morgan fingerprint density at radius 3 is 2.11 bits per heavy atom. The van der Waals surface area contributed by atoms with Crippen LogP contribution in [0.3, 0.4) is 0 Å². The van der Waals surface area contributed by atoms with Gasteiger partial charge in [0.2, 0.25) is 0 Å². The van der Waals surface area contributed by atoms with E-state index in [-0.39, 0.29) is 17.3 Å². The number of hydrogen-bond acceptors (Lipinski definition) is 7. The van der Waals surface area contributed by atoms with Crippen LogP contribution in [-0.4, -0.2) is 36.1 Å². The van der Waals surface area contributed by atoms with E-state index in [1.165, 1.54) is 12.3 Å². The molecular formula is C7H7N7O5. The van der Waals surface area contributed by atoms with Crippen LogP contribution in [0.2, 0.25) is 0 Å². The first-order chi connectivity index (χ1) is 8.91. The van der Waals surface area contributed by atoms with Gasteiger partial charge in [0.25, 0.3) is 5.91 Å². The second-order valence-corrected chi connectivity index (χ2v) is 2.96. The topological polar surface area (TPSA) is 187 Å². The van der Waals surface area contributed by atoms with Crippen LogP contribution in [0.1, 0.15) is 10.5 Å². The van der Waals surface area contributed by atoms with Crippen molar-refractivity contribution in [2.24, 2.45) is 5.73 Å². The number of aromatic amines is 2. The van der Waals surface area contributed by atoms with Crippen molar-refractivity contribution in [3.05, 3.63) is 44.3 Å². The molecule has 19 heavy (non-hydrogen) atoms. The minimum atomic E-state index is -0.797.